The average Bonchev–Trinajstić information content (AvgIpc) is 2.80. The van der Waals surface area contributed by atoms with E-state index in [0.717, 1.165) is 18.4 Å². The maximum atomic E-state index is 12.6. The van der Waals surface area contributed by atoms with Crippen molar-refractivity contribution >= 4 is 11.9 Å². The van der Waals surface area contributed by atoms with Gasteiger partial charge in [-0.15, -0.1) is 0 Å². The first kappa shape index (κ1) is 22.1. The number of para-hydroxylation sites is 1. The highest BCUT2D eigenvalue weighted by Gasteiger charge is 2.15. The molecule has 0 fully saturated rings. The van der Waals surface area contributed by atoms with Crippen molar-refractivity contribution in [2.45, 2.75) is 26.2 Å². The Morgan fingerprint density at radius 3 is 2.23 bits per heavy atom. The summed E-state index contributed by atoms with van der Waals surface area (Å²) < 4.78 is 16.5. The highest BCUT2D eigenvalue weighted by molar-refractivity contribution is 5.94. The number of ether oxygens (including phenoxy) is 3. The molecule has 0 unspecified atom stereocenters. The fraction of sp³-hybridized carbons (Fsp3) is 0.231. The molecule has 0 saturated carbocycles. The van der Waals surface area contributed by atoms with Crippen molar-refractivity contribution in [3.05, 3.63) is 95.6 Å². The van der Waals surface area contributed by atoms with Gasteiger partial charge in [0.25, 0.3) is 0 Å². The first-order valence-electron chi connectivity index (χ1n) is 10.4. The van der Waals surface area contributed by atoms with Gasteiger partial charge in [0.1, 0.15) is 17.1 Å². The molecule has 3 aromatic carbocycles. The second-order valence-electron chi connectivity index (χ2n) is 6.98. The van der Waals surface area contributed by atoms with Crippen LogP contribution < -0.4 is 9.47 Å². The van der Waals surface area contributed by atoms with Gasteiger partial charge < -0.3 is 14.2 Å². The number of rotatable bonds is 10. The lowest BCUT2D eigenvalue weighted by molar-refractivity contribution is 0.0509. The van der Waals surface area contributed by atoms with Crippen LogP contribution in [0.1, 0.15) is 46.0 Å². The number of unbranched alkanes of at least 4 members (excludes halogenated alkanes) is 1. The molecule has 31 heavy (non-hydrogen) atoms. The molecule has 0 N–H and O–H groups in total. The molecular weight excluding hydrogens is 392 g/mol. The van der Waals surface area contributed by atoms with E-state index in [1.54, 1.807) is 42.5 Å². The molecule has 0 heterocycles. The molecule has 0 aliphatic carbocycles. The third-order valence-electron chi connectivity index (χ3n) is 4.63. The number of carbonyl (C=O) groups excluding carboxylic acids is 2. The quantitative estimate of drug-likeness (QED) is 0.248. The second kappa shape index (κ2) is 11.6. The zero-order chi connectivity index (χ0) is 21.9. The number of benzene rings is 3. The van der Waals surface area contributed by atoms with Gasteiger partial charge in [0.2, 0.25) is 0 Å². The Labute approximate surface area is 182 Å². The summed E-state index contributed by atoms with van der Waals surface area (Å²) in [7, 11) is 0. The van der Waals surface area contributed by atoms with Crippen LogP contribution in [0.5, 0.6) is 11.5 Å². The van der Waals surface area contributed by atoms with Gasteiger partial charge in [0.05, 0.1) is 18.8 Å². The normalized spacial score (nSPS) is 10.4. The molecule has 5 nitrogen and oxygen atoms in total. The first-order valence-corrected chi connectivity index (χ1v) is 10.4. The monoisotopic (exact) mass is 418 g/mol. The number of carbonyl (C=O) groups is 2. The lowest BCUT2D eigenvalue weighted by Crippen LogP contribution is -2.12. The van der Waals surface area contributed by atoms with Gasteiger partial charge in [-0.2, -0.15) is 0 Å². The van der Waals surface area contributed by atoms with Crippen LogP contribution in [0.25, 0.3) is 0 Å². The molecule has 3 rings (SSSR count). The van der Waals surface area contributed by atoms with Gasteiger partial charge in [0, 0.05) is 6.42 Å². The van der Waals surface area contributed by atoms with E-state index < -0.39 is 11.9 Å². The maximum absolute atomic E-state index is 12.6. The smallest absolute Gasteiger partial charge is 0.347 e. The maximum Gasteiger partial charge on any atom is 0.347 e. The molecule has 0 aliphatic rings. The molecule has 0 amide bonds. The molecule has 0 saturated heterocycles. The third kappa shape index (κ3) is 6.71. The van der Waals surface area contributed by atoms with Gasteiger partial charge >= 0.3 is 11.9 Å². The topological polar surface area (TPSA) is 61.8 Å². The van der Waals surface area contributed by atoms with Gasteiger partial charge in [-0.1, -0.05) is 55.8 Å². The molecule has 5 heteroatoms. The number of esters is 2. The molecule has 0 bridgehead atoms. The van der Waals surface area contributed by atoms with Crippen LogP contribution in [0.2, 0.25) is 0 Å². The molecule has 0 radical (unpaired) electrons. The predicted molar refractivity (Wildman–Crippen MR) is 119 cm³/mol. The van der Waals surface area contributed by atoms with Gasteiger partial charge in [-0.25, -0.2) is 9.59 Å². The Morgan fingerprint density at radius 1 is 0.774 bits per heavy atom. The van der Waals surface area contributed by atoms with E-state index in [-0.39, 0.29) is 0 Å². The Kier molecular flexibility index (Phi) is 8.23. The standard InChI is InChI=1S/C26H26O5/c1-2-3-18-29-24-12-8-7-11-23(24)26(28)31-22-15-13-21(14-16-22)25(27)30-19-17-20-9-5-4-6-10-20/h4-16H,2-3,17-19H2,1H3. The van der Waals surface area contributed by atoms with Crippen LogP contribution >= 0.6 is 0 Å². The SMILES string of the molecule is CCCCOc1ccccc1C(=O)Oc1ccc(C(=O)OCCc2ccccc2)cc1. The van der Waals surface area contributed by atoms with Crippen LogP contribution in [0.15, 0.2) is 78.9 Å². The Balaban J connectivity index is 1.54. The van der Waals surface area contributed by atoms with Gasteiger partial charge in [-0.05, 0) is 48.4 Å². The third-order valence-corrected chi connectivity index (χ3v) is 4.63. The summed E-state index contributed by atoms with van der Waals surface area (Å²) in [6.07, 6.45) is 2.57. The van der Waals surface area contributed by atoms with Crippen LogP contribution in [0, 0.1) is 0 Å². The van der Waals surface area contributed by atoms with Gasteiger partial charge in [-0.3, -0.25) is 0 Å². The molecule has 0 aliphatic heterocycles. The minimum atomic E-state index is -0.509. The summed E-state index contributed by atoms with van der Waals surface area (Å²) in [5, 5.41) is 0. The number of hydrogen-bond acceptors (Lipinski definition) is 5. The molecule has 0 spiro atoms. The van der Waals surface area contributed by atoms with Gasteiger partial charge in [0.15, 0.2) is 0 Å². The zero-order valence-corrected chi connectivity index (χ0v) is 17.6. The molecule has 3 aromatic rings. The van der Waals surface area contributed by atoms with Crippen molar-refractivity contribution in [1.82, 2.24) is 0 Å². The first-order chi connectivity index (χ1) is 15.2. The highest BCUT2D eigenvalue weighted by atomic mass is 16.5. The summed E-state index contributed by atoms with van der Waals surface area (Å²) >= 11 is 0. The van der Waals surface area contributed by atoms with Crippen molar-refractivity contribution in [2.75, 3.05) is 13.2 Å². The van der Waals surface area contributed by atoms with Crippen LogP contribution in [0.4, 0.5) is 0 Å². The average molecular weight is 418 g/mol. The fourth-order valence-corrected chi connectivity index (χ4v) is 2.90. The Bertz CT molecular complexity index is 980. The van der Waals surface area contributed by atoms with E-state index in [1.807, 2.05) is 36.4 Å². The summed E-state index contributed by atoms with van der Waals surface area (Å²) in [4.78, 5) is 24.8. The predicted octanol–water partition coefficient (Wildman–Crippen LogP) is 5.48. The zero-order valence-electron chi connectivity index (χ0n) is 17.6. The number of hydrogen-bond donors (Lipinski definition) is 0. The molecular formula is C26H26O5. The second-order valence-corrected chi connectivity index (χ2v) is 6.98. The lowest BCUT2D eigenvalue weighted by atomic mass is 10.2. The van der Waals surface area contributed by atoms with E-state index in [0.29, 0.717) is 42.3 Å². The Morgan fingerprint density at radius 2 is 1.48 bits per heavy atom. The van der Waals surface area contributed by atoms with Crippen LogP contribution in [0.3, 0.4) is 0 Å². The van der Waals surface area contributed by atoms with Crippen LogP contribution in [-0.2, 0) is 11.2 Å². The van der Waals surface area contributed by atoms with Crippen molar-refractivity contribution in [1.29, 1.82) is 0 Å². The van der Waals surface area contributed by atoms with Crippen LogP contribution in [-0.4, -0.2) is 25.2 Å². The largest absolute Gasteiger partial charge is 0.493 e. The summed E-state index contributed by atoms with van der Waals surface area (Å²) in [5.41, 5.74) is 1.87. The van der Waals surface area contributed by atoms with Crippen molar-refractivity contribution in [3.8, 4) is 11.5 Å². The fourth-order valence-electron chi connectivity index (χ4n) is 2.90. The van der Waals surface area contributed by atoms with Crippen molar-refractivity contribution < 1.29 is 23.8 Å². The minimum Gasteiger partial charge on any atom is -0.493 e. The minimum absolute atomic E-state index is 0.300. The van der Waals surface area contributed by atoms with E-state index in [9.17, 15) is 9.59 Å². The van der Waals surface area contributed by atoms with Crippen molar-refractivity contribution in [3.63, 3.8) is 0 Å². The molecule has 0 aromatic heterocycles. The Hall–Kier alpha value is -3.60. The lowest BCUT2D eigenvalue weighted by Gasteiger charge is -2.11. The van der Waals surface area contributed by atoms with Crippen molar-refractivity contribution in [2.24, 2.45) is 0 Å². The summed E-state index contributed by atoms with van der Waals surface area (Å²) in [5.74, 6) is -0.0810. The summed E-state index contributed by atoms with van der Waals surface area (Å²) in [6.45, 7) is 2.92. The van der Waals surface area contributed by atoms with E-state index in [1.165, 1.54) is 0 Å². The molecule has 160 valence electrons. The van der Waals surface area contributed by atoms with E-state index in [4.69, 9.17) is 14.2 Å². The molecule has 0 atom stereocenters. The van der Waals surface area contributed by atoms with E-state index in [2.05, 4.69) is 6.92 Å². The highest BCUT2D eigenvalue weighted by Crippen LogP contribution is 2.21. The summed E-state index contributed by atoms with van der Waals surface area (Å²) in [6, 6.07) is 23.1. The van der Waals surface area contributed by atoms with E-state index >= 15 is 0 Å².